The van der Waals surface area contributed by atoms with Gasteiger partial charge in [-0.2, -0.15) is 4.31 Å². The number of carboxylic acid groups (broad SMARTS) is 2. The molecule has 0 radical (unpaired) electrons. The zero-order chi connectivity index (χ0) is 18.3. The third-order valence-corrected chi connectivity index (χ3v) is 4.79. The van der Waals surface area contributed by atoms with Crippen molar-refractivity contribution in [3.63, 3.8) is 0 Å². The molecule has 0 atom stereocenters. The van der Waals surface area contributed by atoms with E-state index in [1.165, 1.54) is 12.1 Å². The Kier molecular flexibility index (Phi) is 6.86. The van der Waals surface area contributed by atoms with Crippen LogP contribution >= 0.6 is 0 Å². The molecule has 0 unspecified atom stereocenters. The summed E-state index contributed by atoms with van der Waals surface area (Å²) in [6, 6.07) is 5.81. The summed E-state index contributed by atoms with van der Waals surface area (Å²) < 4.78 is 25.5. The van der Waals surface area contributed by atoms with Gasteiger partial charge in [-0.25, -0.2) is 8.42 Å². The highest BCUT2D eigenvalue weighted by atomic mass is 32.2. The highest BCUT2D eigenvalue weighted by molar-refractivity contribution is 7.89. The molecule has 1 aromatic rings. The maximum Gasteiger partial charge on any atom is 0.318 e. The van der Waals surface area contributed by atoms with Crippen LogP contribution in [0.15, 0.2) is 29.2 Å². The van der Waals surface area contributed by atoms with E-state index in [4.69, 9.17) is 10.2 Å². The molecule has 132 valence electrons. The Hall–Kier alpha value is -2.46. The fraction of sp³-hybridized carbons (Fsp3) is 0.357. The van der Waals surface area contributed by atoms with Crippen LogP contribution < -0.4 is 5.32 Å². The van der Waals surface area contributed by atoms with E-state index in [0.29, 0.717) is 4.31 Å². The number of carbonyl (C=O) groups excluding carboxylic acids is 1. The average Bonchev–Trinajstić information content (AvgIpc) is 2.49. The lowest BCUT2D eigenvalue weighted by Crippen LogP contribution is -2.43. The van der Waals surface area contributed by atoms with E-state index in [1.54, 1.807) is 19.1 Å². The summed E-state index contributed by atoms with van der Waals surface area (Å²) in [7, 11) is -4.12. The summed E-state index contributed by atoms with van der Waals surface area (Å²) in [5, 5.41) is 19.6. The topological polar surface area (TPSA) is 141 Å². The SMILES string of the molecule is Cc1ccc(S(=O)(=O)N(CNC(=O)CCC(=O)O)CC(=O)O)cc1. The second-order valence-corrected chi connectivity index (χ2v) is 6.91. The quantitative estimate of drug-likeness (QED) is 0.528. The molecule has 10 heteroatoms. The molecule has 0 saturated heterocycles. The van der Waals surface area contributed by atoms with Crippen LogP contribution in [0.4, 0.5) is 0 Å². The molecule has 0 aliphatic carbocycles. The van der Waals surface area contributed by atoms with Crippen LogP contribution in [0.3, 0.4) is 0 Å². The summed E-state index contributed by atoms with van der Waals surface area (Å²) in [4.78, 5) is 32.7. The second kappa shape index (κ2) is 8.41. The number of rotatable bonds is 9. The van der Waals surface area contributed by atoms with Crippen LogP contribution in [0.1, 0.15) is 18.4 Å². The minimum Gasteiger partial charge on any atom is -0.481 e. The fourth-order valence-electron chi connectivity index (χ4n) is 1.72. The summed E-state index contributed by atoms with van der Waals surface area (Å²) in [6.07, 6.45) is -0.740. The number of sulfonamides is 1. The first-order valence-electron chi connectivity index (χ1n) is 6.90. The van der Waals surface area contributed by atoms with Crippen molar-refractivity contribution < 1.29 is 33.0 Å². The van der Waals surface area contributed by atoms with Gasteiger partial charge in [0.2, 0.25) is 15.9 Å². The van der Waals surface area contributed by atoms with E-state index in [9.17, 15) is 22.8 Å². The Labute approximate surface area is 138 Å². The Morgan fingerprint density at radius 3 is 2.12 bits per heavy atom. The van der Waals surface area contributed by atoms with E-state index in [0.717, 1.165) is 5.56 Å². The van der Waals surface area contributed by atoms with Crippen molar-refractivity contribution in [1.82, 2.24) is 9.62 Å². The molecule has 0 heterocycles. The van der Waals surface area contributed by atoms with Gasteiger partial charge in [0.15, 0.2) is 0 Å². The number of benzene rings is 1. The minimum atomic E-state index is -4.12. The van der Waals surface area contributed by atoms with Crippen molar-refractivity contribution in [2.24, 2.45) is 0 Å². The van der Waals surface area contributed by atoms with Crippen LogP contribution in [0.25, 0.3) is 0 Å². The number of aliphatic carboxylic acids is 2. The van der Waals surface area contributed by atoms with Crippen molar-refractivity contribution in [2.45, 2.75) is 24.7 Å². The number of nitrogens with zero attached hydrogens (tertiary/aromatic N) is 1. The normalized spacial score (nSPS) is 11.2. The summed E-state index contributed by atoms with van der Waals surface area (Å²) in [5.41, 5.74) is 0.834. The van der Waals surface area contributed by atoms with Gasteiger partial charge >= 0.3 is 11.9 Å². The van der Waals surface area contributed by atoms with Crippen molar-refractivity contribution in [3.8, 4) is 0 Å². The standard InChI is InChI=1S/C14H18N2O7S/c1-10-2-4-11(5-3-10)24(22,23)16(8-14(20)21)9-15-12(17)6-7-13(18)19/h2-5H,6-9H2,1H3,(H,15,17)(H,18,19)(H,20,21). The van der Waals surface area contributed by atoms with Gasteiger partial charge in [-0.05, 0) is 19.1 Å². The molecule has 0 aliphatic rings. The smallest absolute Gasteiger partial charge is 0.318 e. The predicted molar refractivity (Wildman–Crippen MR) is 82.6 cm³/mol. The molecule has 0 aliphatic heterocycles. The van der Waals surface area contributed by atoms with Gasteiger partial charge in [-0.3, -0.25) is 14.4 Å². The molecular formula is C14H18N2O7S. The van der Waals surface area contributed by atoms with Gasteiger partial charge in [-0.1, -0.05) is 17.7 Å². The molecule has 0 bridgehead atoms. The lowest BCUT2D eigenvalue weighted by atomic mass is 10.2. The van der Waals surface area contributed by atoms with Gasteiger partial charge in [0, 0.05) is 6.42 Å². The first-order valence-corrected chi connectivity index (χ1v) is 8.34. The van der Waals surface area contributed by atoms with Gasteiger partial charge in [0.25, 0.3) is 0 Å². The highest BCUT2D eigenvalue weighted by Crippen LogP contribution is 2.15. The molecule has 24 heavy (non-hydrogen) atoms. The maximum absolute atomic E-state index is 12.5. The molecule has 0 fully saturated rings. The van der Waals surface area contributed by atoms with Gasteiger partial charge in [-0.15, -0.1) is 0 Å². The third kappa shape index (κ3) is 5.97. The maximum atomic E-state index is 12.5. The molecule has 1 amide bonds. The number of amides is 1. The molecule has 1 rings (SSSR count). The molecule has 1 aromatic carbocycles. The van der Waals surface area contributed by atoms with Gasteiger partial charge in [0.1, 0.15) is 6.54 Å². The highest BCUT2D eigenvalue weighted by Gasteiger charge is 2.26. The van der Waals surface area contributed by atoms with E-state index >= 15 is 0 Å². The van der Waals surface area contributed by atoms with Crippen LogP contribution in [-0.4, -0.2) is 54.0 Å². The van der Waals surface area contributed by atoms with Crippen LogP contribution in [0.2, 0.25) is 0 Å². The van der Waals surface area contributed by atoms with Crippen LogP contribution in [0.5, 0.6) is 0 Å². The van der Waals surface area contributed by atoms with Crippen molar-refractivity contribution in [2.75, 3.05) is 13.2 Å². The van der Waals surface area contributed by atoms with Gasteiger partial charge < -0.3 is 15.5 Å². The Bertz CT molecular complexity index is 713. The van der Waals surface area contributed by atoms with E-state index in [2.05, 4.69) is 5.32 Å². The van der Waals surface area contributed by atoms with Crippen molar-refractivity contribution >= 4 is 27.9 Å². The Balaban J connectivity index is 2.87. The van der Waals surface area contributed by atoms with E-state index in [1.807, 2.05) is 0 Å². The summed E-state index contributed by atoms with van der Waals surface area (Å²) >= 11 is 0. The lowest BCUT2D eigenvalue weighted by molar-refractivity contribution is -0.138. The van der Waals surface area contributed by atoms with Crippen LogP contribution in [-0.2, 0) is 24.4 Å². The average molecular weight is 358 g/mol. The largest absolute Gasteiger partial charge is 0.481 e. The third-order valence-electron chi connectivity index (χ3n) is 2.99. The summed E-state index contributed by atoms with van der Waals surface area (Å²) in [6.45, 7) is 0.366. The molecule has 0 saturated carbocycles. The number of nitrogens with one attached hydrogen (secondary N) is 1. The lowest BCUT2D eigenvalue weighted by Gasteiger charge is -2.20. The van der Waals surface area contributed by atoms with Gasteiger partial charge in [0.05, 0.1) is 18.0 Å². The first-order chi connectivity index (χ1) is 11.1. The molecular weight excluding hydrogens is 340 g/mol. The zero-order valence-electron chi connectivity index (χ0n) is 12.9. The Morgan fingerprint density at radius 2 is 1.62 bits per heavy atom. The molecule has 0 aromatic heterocycles. The Morgan fingerprint density at radius 1 is 1.04 bits per heavy atom. The van der Waals surface area contributed by atoms with Crippen LogP contribution in [0, 0.1) is 6.92 Å². The monoisotopic (exact) mass is 358 g/mol. The number of hydrogen-bond acceptors (Lipinski definition) is 5. The number of hydrogen-bond donors (Lipinski definition) is 3. The molecule has 0 spiro atoms. The van der Waals surface area contributed by atoms with E-state index < -0.39 is 47.5 Å². The van der Waals surface area contributed by atoms with Crippen molar-refractivity contribution in [3.05, 3.63) is 29.8 Å². The predicted octanol–water partition coefficient (Wildman–Crippen LogP) is 0.00882. The van der Waals surface area contributed by atoms with E-state index in [-0.39, 0.29) is 11.3 Å². The minimum absolute atomic E-state index is 0.103. The number of aryl methyl sites for hydroxylation is 1. The number of carboxylic acids is 2. The number of carbonyl (C=O) groups is 3. The fourth-order valence-corrected chi connectivity index (χ4v) is 3.01. The van der Waals surface area contributed by atoms with Crippen molar-refractivity contribution in [1.29, 1.82) is 0 Å². The zero-order valence-corrected chi connectivity index (χ0v) is 13.7. The second-order valence-electron chi connectivity index (χ2n) is 4.97. The molecule has 9 nitrogen and oxygen atoms in total. The molecule has 3 N–H and O–H groups in total. The summed E-state index contributed by atoms with van der Waals surface area (Å²) in [5.74, 6) is -3.24. The first kappa shape index (κ1) is 19.6.